The third-order valence-corrected chi connectivity index (χ3v) is 5.94. The Balaban J connectivity index is 1.66. The van der Waals surface area contributed by atoms with E-state index in [9.17, 15) is 9.59 Å². The van der Waals surface area contributed by atoms with E-state index in [4.69, 9.17) is 37.4 Å². The normalized spacial score (nSPS) is 12.1. The molecular formula is C25H30Cl2N4O5. The van der Waals surface area contributed by atoms with Gasteiger partial charge in [0.25, 0.3) is 0 Å². The molecule has 3 aromatic heterocycles. The number of fused-ring (bicyclic) bond motifs is 1. The Labute approximate surface area is 220 Å². The van der Waals surface area contributed by atoms with E-state index < -0.39 is 0 Å². The fourth-order valence-corrected chi connectivity index (χ4v) is 4.10. The van der Waals surface area contributed by atoms with E-state index in [-0.39, 0.29) is 30.5 Å². The monoisotopic (exact) mass is 536 g/mol. The van der Waals surface area contributed by atoms with Gasteiger partial charge in [0.1, 0.15) is 11.6 Å². The van der Waals surface area contributed by atoms with Gasteiger partial charge < -0.3 is 14.2 Å². The number of halogens is 2. The summed E-state index contributed by atoms with van der Waals surface area (Å²) in [4.78, 5) is 33.6. The van der Waals surface area contributed by atoms with Crippen LogP contribution in [0.25, 0.3) is 5.65 Å². The molecule has 0 N–H and O–H groups in total. The molecule has 0 unspecified atom stereocenters. The molecule has 11 heteroatoms. The second-order valence-corrected chi connectivity index (χ2v) is 9.06. The molecule has 0 amide bonds. The van der Waals surface area contributed by atoms with E-state index in [0.29, 0.717) is 77.6 Å². The number of rotatable bonds is 15. The van der Waals surface area contributed by atoms with E-state index in [0.717, 1.165) is 0 Å². The van der Waals surface area contributed by atoms with Crippen LogP contribution in [0.15, 0.2) is 24.5 Å². The van der Waals surface area contributed by atoms with E-state index in [1.54, 1.807) is 30.0 Å². The fraction of sp³-hybridized carbons (Fsp3) is 0.480. The first-order valence-electron chi connectivity index (χ1n) is 11.8. The summed E-state index contributed by atoms with van der Waals surface area (Å²) in [6, 6.07) is 3.31. The lowest BCUT2D eigenvalue weighted by Gasteiger charge is -2.16. The Morgan fingerprint density at radius 1 is 1.03 bits per heavy atom. The highest BCUT2D eigenvalue weighted by atomic mass is 35.5. The molecule has 0 aliphatic rings. The molecule has 194 valence electrons. The van der Waals surface area contributed by atoms with Crippen LogP contribution in [0, 0.1) is 0 Å². The number of hydrogen-bond donors (Lipinski definition) is 0. The summed E-state index contributed by atoms with van der Waals surface area (Å²) in [5, 5.41) is 4.99. The first-order valence-corrected chi connectivity index (χ1v) is 12.5. The first kappa shape index (κ1) is 28.0. The van der Waals surface area contributed by atoms with Gasteiger partial charge in [-0.1, -0.05) is 23.2 Å². The second-order valence-electron chi connectivity index (χ2n) is 8.23. The van der Waals surface area contributed by atoms with Gasteiger partial charge in [0.2, 0.25) is 5.88 Å². The fourth-order valence-electron chi connectivity index (χ4n) is 3.75. The number of pyridine rings is 1. The molecular weight excluding hydrogens is 507 g/mol. The molecule has 0 spiro atoms. The molecule has 0 fully saturated rings. The van der Waals surface area contributed by atoms with Crippen LogP contribution in [0.1, 0.15) is 56.0 Å². The third kappa shape index (κ3) is 7.70. The molecule has 0 saturated heterocycles. The van der Waals surface area contributed by atoms with Gasteiger partial charge in [0.15, 0.2) is 10.8 Å². The summed E-state index contributed by atoms with van der Waals surface area (Å²) in [6.07, 6.45) is 4.27. The zero-order valence-electron chi connectivity index (χ0n) is 20.6. The van der Waals surface area contributed by atoms with Gasteiger partial charge in [-0.25, -0.2) is 14.5 Å². The molecule has 3 heterocycles. The molecule has 3 aromatic rings. The third-order valence-electron chi connectivity index (χ3n) is 5.54. The van der Waals surface area contributed by atoms with Gasteiger partial charge in [-0.05, 0) is 26.3 Å². The van der Waals surface area contributed by atoms with Crippen LogP contribution in [-0.4, -0.2) is 58.1 Å². The van der Waals surface area contributed by atoms with Gasteiger partial charge >= 0.3 is 0 Å². The molecule has 1 atom stereocenters. The smallest absolute Gasteiger partial charge is 0.217 e. The van der Waals surface area contributed by atoms with Crippen LogP contribution < -0.4 is 4.74 Å². The highest BCUT2D eigenvalue weighted by Gasteiger charge is 2.20. The minimum atomic E-state index is -0.336. The van der Waals surface area contributed by atoms with Crippen LogP contribution in [0.4, 0.5) is 0 Å². The van der Waals surface area contributed by atoms with Crippen molar-refractivity contribution in [2.45, 2.75) is 52.1 Å². The van der Waals surface area contributed by atoms with Gasteiger partial charge in [-0.15, -0.1) is 0 Å². The predicted octanol–water partition coefficient (Wildman–Crippen LogP) is 4.65. The van der Waals surface area contributed by atoms with Crippen molar-refractivity contribution < 1.29 is 23.8 Å². The molecule has 9 nitrogen and oxygen atoms in total. The molecule has 0 aromatic carbocycles. The van der Waals surface area contributed by atoms with Crippen molar-refractivity contribution >= 4 is 40.4 Å². The van der Waals surface area contributed by atoms with Crippen molar-refractivity contribution in [3.8, 4) is 5.88 Å². The molecule has 0 aliphatic heterocycles. The average Bonchev–Trinajstić information content (AvgIpc) is 3.22. The Morgan fingerprint density at radius 3 is 2.56 bits per heavy atom. The van der Waals surface area contributed by atoms with Crippen molar-refractivity contribution in [1.82, 2.24) is 19.6 Å². The molecule has 3 rings (SSSR count). The summed E-state index contributed by atoms with van der Waals surface area (Å²) in [7, 11) is 1.58. The standard InChI is InChI=1S/C25H30Cl2N4O5/c1-4-35-9-7-20(32)6-5-8-36-25-17(10-19(26)15-29-25)11-21(33)12-18-14-28-23-13-22(27)30-31(23)24(18)16(2)34-3/h10,13-16H,4-9,11-12H2,1-3H3/t16-/m0/s1. The van der Waals surface area contributed by atoms with Crippen molar-refractivity contribution in [3.63, 3.8) is 0 Å². The number of nitrogens with zero attached hydrogens (tertiary/aromatic N) is 4. The lowest BCUT2D eigenvalue weighted by atomic mass is 10.0. The number of carbonyl (C=O) groups is 2. The minimum absolute atomic E-state index is 0.0644. The number of methoxy groups -OCH3 is 1. The van der Waals surface area contributed by atoms with E-state index in [2.05, 4.69) is 15.1 Å². The van der Waals surface area contributed by atoms with Crippen LogP contribution in [0.3, 0.4) is 0 Å². The number of aromatic nitrogens is 4. The molecule has 0 radical (unpaired) electrons. The predicted molar refractivity (Wildman–Crippen MR) is 136 cm³/mol. The van der Waals surface area contributed by atoms with Crippen molar-refractivity contribution in [1.29, 1.82) is 0 Å². The van der Waals surface area contributed by atoms with Crippen LogP contribution >= 0.6 is 23.2 Å². The van der Waals surface area contributed by atoms with E-state index in [1.807, 2.05) is 13.8 Å². The zero-order chi connectivity index (χ0) is 26.1. The first-order chi connectivity index (χ1) is 17.3. The van der Waals surface area contributed by atoms with Gasteiger partial charge in [0, 0.05) is 69.0 Å². The maximum atomic E-state index is 13.1. The summed E-state index contributed by atoms with van der Waals surface area (Å²) in [5.74, 6) is 0.364. The van der Waals surface area contributed by atoms with Crippen molar-refractivity contribution in [2.24, 2.45) is 0 Å². The molecule has 0 aliphatic carbocycles. The van der Waals surface area contributed by atoms with Crippen LogP contribution in [-0.2, 0) is 31.9 Å². The Kier molecular flexibility index (Phi) is 10.6. The van der Waals surface area contributed by atoms with Crippen LogP contribution in [0.2, 0.25) is 10.2 Å². The molecule has 36 heavy (non-hydrogen) atoms. The van der Waals surface area contributed by atoms with Crippen LogP contribution in [0.5, 0.6) is 5.88 Å². The zero-order valence-corrected chi connectivity index (χ0v) is 22.1. The van der Waals surface area contributed by atoms with Crippen molar-refractivity contribution in [3.05, 3.63) is 51.5 Å². The Hall–Kier alpha value is -2.59. The number of ketones is 2. The Bertz CT molecular complexity index is 1200. The summed E-state index contributed by atoms with van der Waals surface area (Å²) < 4.78 is 18.1. The highest BCUT2D eigenvalue weighted by Crippen LogP contribution is 2.25. The van der Waals surface area contributed by atoms with Crippen molar-refractivity contribution in [2.75, 3.05) is 26.9 Å². The van der Waals surface area contributed by atoms with Gasteiger partial charge in [0.05, 0.1) is 30.0 Å². The van der Waals surface area contributed by atoms with Gasteiger partial charge in [-0.2, -0.15) is 5.10 Å². The number of hydrogen-bond acceptors (Lipinski definition) is 8. The van der Waals surface area contributed by atoms with Gasteiger partial charge in [-0.3, -0.25) is 9.59 Å². The van der Waals surface area contributed by atoms with E-state index >= 15 is 0 Å². The highest BCUT2D eigenvalue weighted by molar-refractivity contribution is 6.30. The molecule has 0 saturated carbocycles. The minimum Gasteiger partial charge on any atom is -0.477 e. The van der Waals surface area contributed by atoms with E-state index in [1.165, 1.54) is 6.20 Å². The second kappa shape index (κ2) is 13.6. The maximum Gasteiger partial charge on any atom is 0.217 e. The quantitative estimate of drug-likeness (QED) is 0.258. The average molecular weight is 537 g/mol. The molecule has 0 bridgehead atoms. The SMILES string of the molecule is CCOCCC(=O)CCCOc1ncc(Cl)cc1CC(=O)Cc1cnc2cc(Cl)nn2c1[C@H](C)OC. The lowest BCUT2D eigenvalue weighted by Crippen LogP contribution is -2.15. The topological polar surface area (TPSA) is 105 Å². The summed E-state index contributed by atoms with van der Waals surface area (Å²) >= 11 is 12.2. The number of Topliss-reactive ketones (excluding diaryl/α,β-unsaturated/α-hetero) is 2. The Morgan fingerprint density at radius 2 is 1.81 bits per heavy atom. The largest absolute Gasteiger partial charge is 0.477 e. The summed E-state index contributed by atoms with van der Waals surface area (Å²) in [6.45, 7) is 5.08. The lowest BCUT2D eigenvalue weighted by molar-refractivity contribution is -0.120. The number of ether oxygens (including phenoxy) is 3. The summed E-state index contributed by atoms with van der Waals surface area (Å²) in [5.41, 5.74) is 2.54. The maximum absolute atomic E-state index is 13.1. The number of carbonyl (C=O) groups excluding carboxylic acids is 2.